The predicted octanol–water partition coefficient (Wildman–Crippen LogP) is 3.74. The van der Waals surface area contributed by atoms with E-state index in [9.17, 15) is 0 Å². The Labute approximate surface area is 106 Å². The number of fused-ring (bicyclic) bond motifs is 1. The van der Waals surface area contributed by atoms with Gasteiger partial charge in [-0.25, -0.2) is 0 Å². The Hall–Kier alpha value is -2.35. The first kappa shape index (κ1) is 10.8. The minimum atomic E-state index is 1.12. The lowest BCUT2D eigenvalue weighted by Crippen LogP contribution is -1.81. The van der Waals surface area contributed by atoms with Crippen molar-refractivity contribution in [3.8, 4) is 0 Å². The fourth-order valence-corrected chi connectivity index (χ4v) is 2.17. The molecule has 88 valence electrons. The minimum absolute atomic E-state index is 1.12. The van der Waals surface area contributed by atoms with Gasteiger partial charge in [-0.05, 0) is 23.3 Å². The van der Waals surface area contributed by atoms with Gasteiger partial charge in [0.2, 0.25) is 0 Å². The second-order valence-corrected chi connectivity index (χ2v) is 4.33. The van der Waals surface area contributed by atoms with Gasteiger partial charge in [0, 0.05) is 36.5 Å². The zero-order chi connectivity index (χ0) is 12.4. The van der Waals surface area contributed by atoms with Gasteiger partial charge in [0.15, 0.2) is 0 Å². The lowest BCUT2D eigenvalue weighted by atomic mass is 10.1. The monoisotopic (exact) mass is 234 g/mol. The van der Waals surface area contributed by atoms with Gasteiger partial charge >= 0.3 is 0 Å². The Bertz CT molecular complexity index is 693. The highest BCUT2D eigenvalue weighted by Crippen LogP contribution is 2.22. The molecule has 3 rings (SSSR count). The smallest absolute Gasteiger partial charge is 0.0483 e. The van der Waals surface area contributed by atoms with E-state index in [0.717, 1.165) is 5.56 Å². The second-order valence-electron chi connectivity index (χ2n) is 4.33. The second kappa shape index (κ2) is 4.49. The van der Waals surface area contributed by atoms with Crippen molar-refractivity contribution in [2.45, 2.75) is 0 Å². The third kappa shape index (κ3) is 1.93. The van der Waals surface area contributed by atoms with Gasteiger partial charge in [0.1, 0.15) is 0 Å². The van der Waals surface area contributed by atoms with E-state index in [1.807, 2.05) is 12.3 Å². The lowest BCUT2D eigenvalue weighted by Gasteiger charge is -1.93. The Morgan fingerprint density at radius 3 is 2.78 bits per heavy atom. The molecule has 2 heteroatoms. The fraction of sp³-hybridized carbons (Fsp3) is 0.0625. The molecule has 3 aromatic rings. The molecule has 0 radical (unpaired) electrons. The summed E-state index contributed by atoms with van der Waals surface area (Å²) >= 11 is 0. The van der Waals surface area contributed by atoms with E-state index < -0.39 is 0 Å². The van der Waals surface area contributed by atoms with E-state index in [0.29, 0.717) is 0 Å². The minimum Gasteiger partial charge on any atom is -0.350 e. The van der Waals surface area contributed by atoms with Gasteiger partial charge in [-0.15, -0.1) is 0 Å². The molecule has 0 aliphatic rings. The number of aromatic nitrogens is 2. The van der Waals surface area contributed by atoms with E-state index >= 15 is 0 Å². The maximum atomic E-state index is 4.11. The highest BCUT2D eigenvalue weighted by Gasteiger charge is 2.02. The van der Waals surface area contributed by atoms with Crippen molar-refractivity contribution < 1.29 is 0 Å². The standard InChI is InChI=1S/C16H14N2/c1-18-12-14(15-6-2-3-7-16(15)18)9-8-13-5-4-10-17-11-13/h2-12H,1H3/b9-8+. The number of hydrogen-bond acceptors (Lipinski definition) is 1. The summed E-state index contributed by atoms with van der Waals surface area (Å²) in [5.74, 6) is 0. The molecule has 0 bridgehead atoms. The molecule has 0 spiro atoms. The molecular formula is C16H14N2. The van der Waals surface area contributed by atoms with Gasteiger partial charge in [0.05, 0.1) is 0 Å². The summed E-state index contributed by atoms with van der Waals surface area (Å²) in [4.78, 5) is 4.11. The van der Waals surface area contributed by atoms with Crippen LogP contribution in [0.5, 0.6) is 0 Å². The first-order chi connectivity index (χ1) is 8.84. The van der Waals surface area contributed by atoms with E-state index in [2.05, 4.69) is 65.3 Å². The average molecular weight is 234 g/mol. The maximum absolute atomic E-state index is 4.11. The van der Waals surface area contributed by atoms with Crippen LogP contribution in [0.1, 0.15) is 11.1 Å². The van der Waals surface area contributed by atoms with Gasteiger partial charge in [0.25, 0.3) is 0 Å². The molecule has 2 aromatic heterocycles. The molecule has 2 nitrogen and oxygen atoms in total. The van der Waals surface area contributed by atoms with Crippen LogP contribution in [-0.2, 0) is 7.05 Å². The topological polar surface area (TPSA) is 17.8 Å². The highest BCUT2D eigenvalue weighted by atomic mass is 14.9. The first-order valence-electron chi connectivity index (χ1n) is 5.97. The zero-order valence-electron chi connectivity index (χ0n) is 10.2. The van der Waals surface area contributed by atoms with Gasteiger partial charge in [-0.1, -0.05) is 36.4 Å². The molecule has 18 heavy (non-hydrogen) atoms. The molecule has 0 amide bonds. The van der Waals surface area contributed by atoms with Crippen LogP contribution in [0.15, 0.2) is 55.0 Å². The average Bonchev–Trinajstić information content (AvgIpc) is 2.75. The van der Waals surface area contributed by atoms with Crippen LogP contribution in [0.4, 0.5) is 0 Å². The normalized spacial score (nSPS) is 11.4. The molecule has 0 saturated heterocycles. The first-order valence-corrected chi connectivity index (χ1v) is 5.97. The van der Waals surface area contributed by atoms with Crippen molar-refractivity contribution in [3.05, 3.63) is 66.1 Å². The number of pyridine rings is 1. The van der Waals surface area contributed by atoms with E-state index in [1.54, 1.807) is 6.20 Å². The fourth-order valence-electron chi connectivity index (χ4n) is 2.17. The van der Waals surface area contributed by atoms with Gasteiger partial charge in [-0.3, -0.25) is 4.98 Å². The molecule has 0 aliphatic carbocycles. The van der Waals surface area contributed by atoms with Crippen LogP contribution in [0.25, 0.3) is 23.1 Å². The van der Waals surface area contributed by atoms with Crippen molar-refractivity contribution in [3.63, 3.8) is 0 Å². The van der Waals surface area contributed by atoms with Crippen molar-refractivity contribution in [2.24, 2.45) is 7.05 Å². The molecule has 0 fully saturated rings. The Kier molecular flexibility index (Phi) is 2.69. The van der Waals surface area contributed by atoms with Crippen LogP contribution >= 0.6 is 0 Å². The van der Waals surface area contributed by atoms with E-state index in [4.69, 9.17) is 0 Å². The highest BCUT2D eigenvalue weighted by molar-refractivity contribution is 5.91. The summed E-state index contributed by atoms with van der Waals surface area (Å²) in [5.41, 5.74) is 3.60. The van der Waals surface area contributed by atoms with Crippen LogP contribution < -0.4 is 0 Å². The van der Waals surface area contributed by atoms with Crippen LogP contribution in [0, 0.1) is 0 Å². The Balaban J connectivity index is 2.03. The maximum Gasteiger partial charge on any atom is 0.0483 e. The summed E-state index contributed by atoms with van der Waals surface area (Å²) in [6.45, 7) is 0. The van der Waals surface area contributed by atoms with Gasteiger partial charge < -0.3 is 4.57 Å². The lowest BCUT2D eigenvalue weighted by molar-refractivity contribution is 0.968. The molecule has 0 atom stereocenters. The van der Waals surface area contributed by atoms with Crippen molar-refractivity contribution in [1.82, 2.24) is 9.55 Å². The van der Waals surface area contributed by atoms with Crippen LogP contribution in [-0.4, -0.2) is 9.55 Å². The molecular weight excluding hydrogens is 220 g/mol. The number of nitrogens with zero attached hydrogens (tertiary/aromatic N) is 2. The largest absolute Gasteiger partial charge is 0.350 e. The molecule has 0 unspecified atom stereocenters. The summed E-state index contributed by atoms with van der Waals surface area (Å²) in [6, 6.07) is 12.4. The summed E-state index contributed by atoms with van der Waals surface area (Å²) < 4.78 is 2.15. The van der Waals surface area contributed by atoms with E-state index in [-0.39, 0.29) is 0 Å². The number of hydrogen-bond donors (Lipinski definition) is 0. The summed E-state index contributed by atoms with van der Waals surface area (Å²) in [6.07, 6.45) is 10.0. The van der Waals surface area contributed by atoms with Crippen molar-refractivity contribution in [1.29, 1.82) is 0 Å². The number of para-hydroxylation sites is 1. The molecule has 0 N–H and O–H groups in total. The third-order valence-electron chi connectivity index (χ3n) is 3.07. The van der Waals surface area contributed by atoms with Crippen molar-refractivity contribution >= 4 is 23.1 Å². The number of rotatable bonds is 2. The van der Waals surface area contributed by atoms with Crippen LogP contribution in [0.3, 0.4) is 0 Å². The quantitative estimate of drug-likeness (QED) is 0.660. The number of benzene rings is 1. The third-order valence-corrected chi connectivity index (χ3v) is 3.07. The molecule has 0 aliphatic heterocycles. The van der Waals surface area contributed by atoms with Gasteiger partial charge in [-0.2, -0.15) is 0 Å². The van der Waals surface area contributed by atoms with Crippen molar-refractivity contribution in [2.75, 3.05) is 0 Å². The van der Waals surface area contributed by atoms with E-state index in [1.165, 1.54) is 16.5 Å². The summed E-state index contributed by atoms with van der Waals surface area (Å²) in [7, 11) is 2.07. The Morgan fingerprint density at radius 1 is 1.06 bits per heavy atom. The van der Waals surface area contributed by atoms with Crippen LogP contribution in [0.2, 0.25) is 0 Å². The number of aryl methyl sites for hydroxylation is 1. The molecule has 2 heterocycles. The molecule has 1 aromatic carbocycles. The predicted molar refractivity (Wildman–Crippen MR) is 76.1 cm³/mol. The zero-order valence-corrected chi connectivity index (χ0v) is 10.2. The SMILES string of the molecule is Cn1cc(/C=C/c2cccnc2)c2ccccc21. The Morgan fingerprint density at radius 2 is 1.94 bits per heavy atom. The molecule has 0 saturated carbocycles. The summed E-state index contributed by atoms with van der Waals surface area (Å²) in [5, 5.41) is 1.28.